The second-order valence-electron chi connectivity index (χ2n) is 6.40. The van der Waals surface area contributed by atoms with Crippen molar-refractivity contribution in [3.63, 3.8) is 0 Å². The average molecular weight is 377 g/mol. The van der Waals surface area contributed by atoms with Crippen LogP contribution in [0.5, 0.6) is 5.75 Å². The summed E-state index contributed by atoms with van der Waals surface area (Å²) in [6.07, 6.45) is 1.82. The van der Waals surface area contributed by atoms with Crippen molar-refractivity contribution >= 4 is 23.4 Å². The van der Waals surface area contributed by atoms with Crippen LogP contribution >= 0.6 is 0 Å². The molecule has 2 atom stereocenters. The van der Waals surface area contributed by atoms with Crippen LogP contribution < -0.4 is 4.74 Å². The Morgan fingerprint density at radius 2 is 1.85 bits per heavy atom. The molecule has 2 N–H and O–H groups in total. The number of aliphatic hydroxyl groups is 1. The number of carbonyl (C=O) groups is 4. The molecule has 2 unspecified atom stereocenters. The van der Waals surface area contributed by atoms with Crippen LogP contribution in [0, 0.1) is 5.92 Å². The fourth-order valence-corrected chi connectivity index (χ4v) is 3.29. The third-order valence-electron chi connectivity index (χ3n) is 4.49. The number of rotatable bonds is 10. The summed E-state index contributed by atoms with van der Waals surface area (Å²) in [5.74, 6) is -4.00. The van der Waals surface area contributed by atoms with Gasteiger partial charge in [-0.2, -0.15) is 0 Å². The number of Topliss-reactive ketones (excluding diaryl/α,β-unsaturated/α-hetero) is 2. The SMILES string of the molecule is CC(=O)C1C(=O)C(=O)N(CCCCCO)C1c1ccccc1OCC(=O)O. The first-order valence-corrected chi connectivity index (χ1v) is 8.78. The fraction of sp³-hybridized carbons (Fsp3) is 0.474. The molecular weight excluding hydrogens is 354 g/mol. The molecule has 2 rings (SSSR count). The maximum Gasteiger partial charge on any atom is 0.341 e. The fourth-order valence-electron chi connectivity index (χ4n) is 3.29. The smallest absolute Gasteiger partial charge is 0.341 e. The Bertz CT molecular complexity index is 731. The highest BCUT2D eigenvalue weighted by Gasteiger charge is 2.50. The monoisotopic (exact) mass is 377 g/mol. The summed E-state index contributed by atoms with van der Waals surface area (Å²) in [7, 11) is 0. The van der Waals surface area contributed by atoms with Crippen molar-refractivity contribution in [3.05, 3.63) is 29.8 Å². The first-order chi connectivity index (χ1) is 12.9. The van der Waals surface area contributed by atoms with E-state index in [4.69, 9.17) is 14.9 Å². The number of para-hydroxylation sites is 1. The zero-order chi connectivity index (χ0) is 20.0. The maximum atomic E-state index is 12.5. The van der Waals surface area contributed by atoms with Crippen LogP contribution in [0.15, 0.2) is 24.3 Å². The van der Waals surface area contributed by atoms with Crippen LogP contribution in [0.1, 0.15) is 37.8 Å². The van der Waals surface area contributed by atoms with E-state index in [0.29, 0.717) is 24.8 Å². The van der Waals surface area contributed by atoms with Crippen LogP contribution in [0.25, 0.3) is 0 Å². The number of hydrogen-bond acceptors (Lipinski definition) is 6. The number of nitrogens with zero attached hydrogens (tertiary/aromatic N) is 1. The number of hydrogen-bond donors (Lipinski definition) is 2. The number of amides is 1. The molecule has 1 aliphatic heterocycles. The van der Waals surface area contributed by atoms with Gasteiger partial charge in [0.2, 0.25) is 5.78 Å². The van der Waals surface area contributed by atoms with Gasteiger partial charge in [0, 0.05) is 18.7 Å². The number of benzene rings is 1. The summed E-state index contributed by atoms with van der Waals surface area (Å²) in [6.45, 7) is 0.982. The summed E-state index contributed by atoms with van der Waals surface area (Å²) in [5, 5.41) is 17.7. The standard InChI is InChI=1S/C19H23NO7/c1-12(22)16-17(13-7-3-4-8-14(13)27-11-15(23)24)20(19(26)18(16)25)9-5-2-6-10-21/h3-4,7-8,16-17,21H,2,5-6,9-11H2,1H3,(H,23,24). The van der Waals surface area contributed by atoms with Crippen LogP contribution in [0.3, 0.4) is 0 Å². The first-order valence-electron chi connectivity index (χ1n) is 8.78. The largest absolute Gasteiger partial charge is 0.482 e. The lowest BCUT2D eigenvalue weighted by molar-refractivity contribution is -0.142. The van der Waals surface area contributed by atoms with Crippen molar-refractivity contribution in [2.75, 3.05) is 19.8 Å². The number of aliphatic hydroxyl groups excluding tert-OH is 1. The Morgan fingerprint density at radius 1 is 1.15 bits per heavy atom. The van der Waals surface area contributed by atoms with Gasteiger partial charge in [-0.05, 0) is 32.3 Å². The van der Waals surface area contributed by atoms with Crippen molar-refractivity contribution in [2.24, 2.45) is 5.92 Å². The average Bonchev–Trinajstić information content (AvgIpc) is 2.88. The van der Waals surface area contributed by atoms with Crippen LogP contribution in [0.4, 0.5) is 0 Å². The first kappa shape index (κ1) is 20.6. The predicted molar refractivity (Wildman–Crippen MR) is 94.1 cm³/mol. The zero-order valence-electron chi connectivity index (χ0n) is 15.1. The molecular formula is C19H23NO7. The van der Waals surface area contributed by atoms with Gasteiger partial charge in [0.15, 0.2) is 6.61 Å². The van der Waals surface area contributed by atoms with Gasteiger partial charge in [-0.3, -0.25) is 14.4 Å². The van der Waals surface area contributed by atoms with E-state index in [1.165, 1.54) is 11.8 Å². The number of carboxylic acid groups (broad SMARTS) is 1. The van der Waals surface area contributed by atoms with Crippen molar-refractivity contribution < 1.29 is 34.1 Å². The molecule has 27 heavy (non-hydrogen) atoms. The topological polar surface area (TPSA) is 121 Å². The van der Waals surface area contributed by atoms with Gasteiger partial charge in [-0.15, -0.1) is 0 Å². The molecule has 1 fully saturated rings. The minimum Gasteiger partial charge on any atom is -0.482 e. The molecule has 1 amide bonds. The molecule has 1 saturated heterocycles. The normalized spacial score (nSPS) is 19.4. The minimum absolute atomic E-state index is 0.0399. The van der Waals surface area contributed by atoms with Crippen LogP contribution in [0.2, 0.25) is 0 Å². The van der Waals surface area contributed by atoms with Gasteiger partial charge in [-0.1, -0.05) is 18.2 Å². The lowest BCUT2D eigenvalue weighted by Gasteiger charge is -2.28. The van der Waals surface area contributed by atoms with E-state index in [-0.39, 0.29) is 18.9 Å². The summed E-state index contributed by atoms with van der Waals surface area (Å²) in [4.78, 5) is 49.2. The van der Waals surface area contributed by atoms with Gasteiger partial charge in [0.1, 0.15) is 17.5 Å². The molecule has 1 aromatic rings. The summed E-state index contributed by atoms with van der Waals surface area (Å²) in [6, 6.07) is 5.67. The van der Waals surface area contributed by atoms with E-state index in [2.05, 4.69) is 0 Å². The Hall–Kier alpha value is -2.74. The number of ketones is 2. The van der Waals surface area contributed by atoms with E-state index in [0.717, 1.165) is 0 Å². The lowest BCUT2D eigenvalue weighted by Crippen LogP contribution is -2.31. The maximum absolute atomic E-state index is 12.5. The molecule has 1 heterocycles. The van der Waals surface area contributed by atoms with E-state index in [9.17, 15) is 19.2 Å². The van der Waals surface area contributed by atoms with Crippen molar-refractivity contribution in [3.8, 4) is 5.75 Å². The third kappa shape index (κ3) is 4.71. The van der Waals surface area contributed by atoms with Gasteiger partial charge < -0.3 is 19.8 Å². The quantitative estimate of drug-likeness (QED) is 0.354. The van der Waals surface area contributed by atoms with Crippen molar-refractivity contribution in [1.82, 2.24) is 4.90 Å². The second-order valence-corrected chi connectivity index (χ2v) is 6.40. The van der Waals surface area contributed by atoms with Gasteiger partial charge in [-0.25, -0.2) is 4.79 Å². The van der Waals surface area contributed by atoms with Gasteiger partial charge >= 0.3 is 5.97 Å². The number of carbonyl (C=O) groups excluding carboxylic acids is 3. The Kier molecular flexibility index (Phi) is 7.06. The number of likely N-dealkylation sites (tertiary alicyclic amines) is 1. The Labute approximate surface area is 156 Å². The molecule has 0 saturated carbocycles. The molecule has 1 aliphatic rings. The second kappa shape index (κ2) is 9.27. The van der Waals surface area contributed by atoms with Crippen molar-refractivity contribution in [1.29, 1.82) is 0 Å². The summed E-state index contributed by atoms with van der Waals surface area (Å²) in [5.41, 5.74) is 0.431. The third-order valence-corrected chi connectivity index (χ3v) is 4.49. The zero-order valence-corrected chi connectivity index (χ0v) is 15.1. The van der Waals surface area contributed by atoms with Crippen LogP contribution in [-0.4, -0.2) is 58.3 Å². The number of carboxylic acids is 1. The molecule has 0 radical (unpaired) electrons. The molecule has 0 aliphatic carbocycles. The van der Waals surface area contributed by atoms with Gasteiger partial charge in [0.25, 0.3) is 5.91 Å². The van der Waals surface area contributed by atoms with Crippen molar-refractivity contribution in [2.45, 2.75) is 32.2 Å². The molecule has 146 valence electrons. The highest BCUT2D eigenvalue weighted by molar-refractivity contribution is 6.42. The predicted octanol–water partition coefficient (Wildman–Crippen LogP) is 0.970. The number of aliphatic carboxylic acids is 1. The molecule has 8 heteroatoms. The molecule has 0 aromatic heterocycles. The lowest BCUT2D eigenvalue weighted by atomic mass is 9.89. The molecule has 1 aromatic carbocycles. The molecule has 8 nitrogen and oxygen atoms in total. The van der Waals surface area contributed by atoms with E-state index in [1.807, 2.05) is 0 Å². The Morgan fingerprint density at radius 3 is 2.48 bits per heavy atom. The summed E-state index contributed by atoms with van der Waals surface area (Å²) >= 11 is 0. The van der Waals surface area contributed by atoms with E-state index < -0.39 is 42.0 Å². The number of ether oxygens (including phenoxy) is 1. The van der Waals surface area contributed by atoms with Crippen LogP contribution in [-0.2, 0) is 19.2 Å². The minimum atomic E-state index is -1.16. The molecule has 0 bridgehead atoms. The van der Waals surface area contributed by atoms with E-state index in [1.54, 1.807) is 24.3 Å². The highest BCUT2D eigenvalue weighted by Crippen LogP contribution is 2.40. The molecule has 0 spiro atoms. The van der Waals surface area contributed by atoms with Gasteiger partial charge in [0.05, 0.1) is 6.04 Å². The summed E-state index contributed by atoms with van der Waals surface area (Å²) < 4.78 is 5.31. The number of unbranched alkanes of at least 4 members (excludes halogenated alkanes) is 2. The highest BCUT2D eigenvalue weighted by atomic mass is 16.5. The Balaban J connectivity index is 2.38. The van der Waals surface area contributed by atoms with E-state index >= 15 is 0 Å².